The van der Waals surface area contributed by atoms with Gasteiger partial charge in [-0.25, -0.2) is 0 Å². The highest BCUT2D eigenvalue weighted by atomic mass is 16.5. The summed E-state index contributed by atoms with van der Waals surface area (Å²) in [5.41, 5.74) is 0. The Morgan fingerprint density at radius 2 is 2.33 bits per heavy atom. The molecule has 1 fully saturated rings. The van der Waals surface area contributed by atoms with E-state index in [0.717, 1.165) is 13.0 Å². The summed E-state index contributed by atoms with van der Waals surface area (Å²) in [6.45, 7) is 2.96. The van der Waals surface area contributed by atoms with E-state index in [1.807, 2.05) is 6.92 Å². The van der Waals surface area contributed by atoms with Crippen molar-refractivity contribution in [2.45, 2.75) is 32.2 Å². The van der Waals surface area contributed by atoms with Crippen LogP contribution in [0.25, 0.3) is 0 Å². The van der Waals surface area contributed by atoms with Gasteiger partial charge in [-0.15, -0.1) is 0 Å². The first kappa shape index (κ1) is 9.52. The van der Waals surface area contributed by atoms with Crippen LogP contribution in [0.3, 0.4) is 0 Å². The molecule has 0 aromatic rings. The SMILES string of the molecule is COC(=O)C(C)C1CCCCN1. The number of hydrogen-bond acceptors (Lipinski definition) is 3. The lowest BCUT2D eigenvalue weighted by Crippen LogP contribution is -2.42. The Morgan fingerprint density at radius 1 is 1.58 bits per heavy atom. The second-order valence-corrected chi connectivity index (χ2v) is 3.37. The molecule has 1 heterocycles. The van der Waals surface area contributed by atoms with Crippen LogP contribution >= 0.6 is 0 Å². The topological polar surface area (TPSA) is 38.3 Å². The average molecular weight is 171 g/mol. The summed E-state index contributed by atoms with van der Waals surface area (Å²) < 4.78 is 4.69. The average Bonchev–Trinajstić information content (AvgIpc) is 2.17. The van der Waals surface area contributed by atoms with Gasteiger partial charge in [-0.1, -0.05) is 13.3 Å². The molecule has 0 radical (unpaired) electrons. The van der Waals surface area contributed by atoms with Crippen LogP contribution in [0, 0.1) is 5.92 Å². The zero-order valence-electron chi connectivity index (χ0n) is 7.80. The summed E-state index contributed by atoms with van der Waals surface area (Å²) >= 11 is 0. The second-order valence-electron chi connectivity index (χ2n) is 3.37. The molecular formula is C9H17NO2. The Bertz CT molecular complexity index is 153. The molecule has 0 aromatic heterocycles. The minimum atomic E-state index is -0.102. The van der Waals surface area contributed by atoms with E-state index in [1.54, 1.807) is 0 Å². The highest BCUT2D eigenvalue weighted by Crippen LogP contribution is 2.15. The Kier molecular flexibility index (Phi) is 3.53. The minimum Gasteiger partial charge on any atom is -0.469 e. The number of ether oxygens (including phenoxy) is 1. The maximum Gasteiger partial charge on any atom is 0.309 e. The van der Waals surface area contributed by atoms with Crippen molar-refractivity contribution >= 4 is 5.97 Å². The Labute approximate surface area is 73.5 Å². The van der Waals surface area contributed by atoms with Gasteiger partial charge in [-0.2, -0.15) is 0 Å². The Morgan fingerprint density at radius 3 is 2.83 bits per heavy atom. The van der Waals surface area contributed by atoms with Crippen LogP contribution in [-0.2, 0) is 9.53 Å². The van der Waals surface area contributed by atoms with Crippen LogP contribution in [0.15, 0.2) is 0 Å². The van der Waals surface area contributed by atoms with Crippen molar-refractivity contribution in [1.29, 1.82) is 0 Å². The molecule has 0 aromatic carbocycles. The predicted molar refractivity (Wildman–Crippen MR) is 46.8 cm³/mol. The number of rotatable bonds is 2. The van der Waals surface area contributed by atoms with E-state index in [-0.39, 0.29) is 11.9 Å². The fraction of sp³-hybridized carbons (Fsp3) is 0.889. The van der Waals surface area contributed by atoms with Crippen molar-refractivity contribution in [1.82, 2.24) is 5.32 Å². The van der Waals surface area contributed by atoms with E-state index in [9.17, 15) is 4.79 Å². The van der Waals surface area contributed by atoms with Gasteiger partial charge >= 0.3 is 5.97 Å². The Balaban J connectivity index is 2.39. The van der Waals surface area contributed by atoms with E-state index in [4.69, 9.17) is 0 Å². The smallest absolute Gasteiger partial charge is 0.309 e. The molecule has 0 spiro atoms. The molecule has 70 valence electrons. The van der Waals surface area contributed by atoms with Crippen LogP contribution in [0.1, 0.15) is 26.2 Å². The molecule has 1 aliphatic rings. The molecule has 3 nitrogen and oxygen atoms in total. The van der Waals surface area contributed by atoms with Gasteiger partial charge in [-0.05, 0) is 19.4 Å². The zero-order chi connectivity index (χ0) is 8.97. The summed E-state index contributed by atoms with van der Waals surface area (Å²) in [6, 6.07) is 0.325. The third kappa shape index (κ3) is 2.21. The molecule has 0 bridgehead atoms. The number of hydrogen-bond donors (Lipinski definition) is 1. The number of methoxy groups -OCH3 is 1. The Hall–Kier alpha value is -0.570. The number of carbonyl (C=O) groups is 1. The zero-order valence-corrected chi connectivity index (χ0v) is 7.80. The number of piperidine rings is 1. The van der Waals surface area contributed by atoms with Gasteiger partial charge in [0.1, 0.15) is 0 Å². The van der Waals surface area contributed by atoms with Gasteiger partial charge in [-0.3, -0.25) is 4.79 Å². The van der Waals surface area contributed by atoms with E-state index < -0.39 is 0 Å². The van der Waals surface area contributed by atoms with Crippen molar-refractivity contribution in [2.75, 3.05) is 13.7 Å². The highest BCUT2D eigenvalue weighted by Gasteiger charge is 2.25. The predicted octanol–water partition coefficient (Wildman–Crippen LogP) is 0.938. The highest BCUT2D eigenvalue weighted by molar-refractivity contribution is 5.72. The number of carbonyl (C=O) groups excluding carboxylic acids is 1. The van der Waals surface area contributed by atoms with Crippen LogP contribution in [0.5, 0.6) is 0 Å². The lowest BCUT2D eigenvalue weighted by Gasteiger charge is -2.27. The summed E-state index contributed by atoms with van der Waals surface area (Å²) in [6.07, 6.45) is 3.54. The van der Waals surface area contributed by atoms with E-state index in [1.165, 1.54) is 20.0 Å². The van der Waals surface area contributed by atoms with Crippen molar-refractivity contribution in [2.24, 2.45) is 5.92 Å². The molecule has 1 saturated heterocycles. The third-order valence-electron chi connectivity index (χ3n) is 2.52. The monoisotopic (exact) mass is 171 g/mol. The summed E-state index contributed by atoms with van der Waals surface area (Å²) in [4.78, 5) is 11.1. The van der Waals surface area contributed by atoms with Crippen LogP contribution < -0.4 is 5.32 Å². The van der Waals surface area contributed by atoms with E-state index in [0.29, 0.717) is 6.04 Å². The molecule has 12 heavy (non-hydrogen) atoms. The largest absolute Gasteiger partial charge is 0.469 e. The van der Waals surface area contributed by atoms with Crippen LogP contribution in [0.4, 0.5) is 0 Å². The van der Waals surface area contributed by atoms with E-state index in [2.05, 4.69) is 10.1 Å². The van der Waals surface area contributed by atoms with Crippen LogP contribution in [-0.4, -0.2) is 25.7 Å². The normalized spacial score (nSPS) is 26.3. The van der Waals surface area contributed by atoms with E-state index >= 15 is 0 Å². The lowest BCUT2D eigenvalue weighted by molar-refractivity contribution is -0.146. The summed E-state index contributed by atoms with van der Waals surface area (Å²) in [7, 11) is 1.45. The van der Waals surface area contributed by atoms with Crippen molar-refractivity contribution in [3.8, 4) is 0 Å². The molecule has 3 heteroatoms. The van der Waals surface area contributed by atoms with Gasteiger partial charge in [0.25, 0.3) is 0 Å². The molecule has 0 saturated carbocycles. The molecule has 0 amide bonds. The van der Waals surface area contributed by atoms with Crippen molar-refractivity contribution in [3.63, 3.8) is 0 Å². The second kappa shape index (κ2) is 4.45. The fourth-order valence-electron chi connectivity index (χ4n) is 1.66. The molecule has 0 aliphatic carbocycles. The summed E-state index contributed by atoms with van der Waals surface area (Å²) in [5.74, 6) is -0.107. The summed E-state index contributed by atoms with van der Waals surface area (Å²) in [5, 5.41) is 3.33. The number of nitrogens with one attached hydrogen (secondary N) is 1. The molecule has 2 unspecified atom stereocenters. The van der Waals surface area contributed by atoms with Crippen LogP contribution in [0.2, 0.25) is 0 Å². The maximum atomic E-state index is 11.1. The quantitative estimate of drug-likeness (QED) is 0.628. The molecular weight excluding hydrogens is 154 g/mol. The van der Waals surface area contributed by atoms with Gasteiger partial charge in [0.15, 0.2) is 0 Å². The molecule has 2 atom stereocenters. The standard InChI is InChI=1S/C9H17NO2/c1-7(9(11)12-2)8-5-3-4-6-10-8/h7-8,10H,3-6H2,1-2H3. The van der Waals surface area contributed by atoms with Crippen molar-refractivity contribution in [3.05, 3.63) is 0 Å². The third-order valence-corrected chi connectivity index (χ3v) is 2.52. The van der Waals surface area contributed by atoms with Gasteiger partial charge < -0.3 is 10.1 Å². The lowest BCUT2D eigenvalue weighted by atomic mass is 9.94. The first-order valence-corrected chi connectivity index (χ1v) is 4.57. The van der Waals surface area contributed by atoms with Gasteiger partial charge in [0.05, 0.1) is 13.0 Å². The van der Waals surface area contributed by atoms with Gasteiger partial charge in [0, 0.05) is 6.04 Å². The fourth-order valence-corrected chi connectivity index (χ4v) is 1.66. The maximum absolute atomic E-state index is 11.1. The molecule has 1 aliphatic heterocycles. The van der Waals surface area contributed by atoms with Gasteiger partial charge in [0.2, 0.25) is 0 Å². The number of esters is 1. The minimum absolute atomic E-state index is 0.00435. The molecule has 1 rings (SSSR count). The first-order valence-electron chi connectivity index (χ1n) is 4.57. The van der Waals surface area contributed by atoms with Crippen molar-refractivity contribution < 1.29 is 9.53 Å². The molecule has 1 N–H and O–H groups in total. The first-order chi connectivity index (χ1) is 5.75.